The van der Waals surface area contributed by atoms with Crippen LogP contribution in [-0.4, -0.2) is 0 Å². The van der Waals surface area contributed by atoms with Gasteiger partial charge in [-0.1, -0.05) is 18.2 Å². The van der Waals surface area contributed by atoms with E-state index in [0.29, 0.717) is 29.4 Å². The highest BCUT2D eigenvalue weighted by molar-refractivity contribution is 7.86. The minimum Gasteiger partial charge on any atom is -0.307 e. The van der Waals surface area contributed by atoms with Crippen molar-refractivity contribution >= 4 is 122 Å². The van der Waals surface area contributed by atoms with Crippen molar-refractivity contribution in [3.05, 3.63) is 53.1 Å². The molecule has 0 unspecified atom stereocenters. The normalized spacial score (nSPS) is 11.5. The monoisotopic (exact) mass is 640 g/mol. The lowest BCUT2D eigenvalue weighted by Crippen LogP contribution is -2.00. The molecule has 182 valence electrons. The number of benzene rings is 3. The first-order chi connectivity index (χ1) is 16.1. The van der Waals surface area contributed by atoms with Crippen LogP contribution in [0.1, 0.15) is 16.7 Å². The molecule has 0 spiro atoms. The molecule has 3 aromatic carbocycles. The zero-order valence-electron chi connectivity index (χ0n) is 17.3. The Bertz CT molecular complexity index is 1050. The third-order valence-corrected chi connectivity index (χ3v) is 10.7. The van der Waals surface area contributed by atoms with E-state index in [1.165, 1.54) is 0 Å². The molecule has 3 nitrogen and oxygen atoms in total. The molecule has 3 aromatic rings. The van der Waals surface area contributed by atoms with Gasteiger partial charge in [0.15, 0.2) is 0 Å². The molecule has 0 aliphatic carbocycles. The summed E-state index contributed by atoms with van der Waals surface area (Å²) in [5.74, 6) is 0. The zero-order valence-corrected chi connectivity index (χ0v) is 26.2. The fourth-order valence-electron chi connectivity index (χ4n) is 2.66. The van der Waals surface area contributed by atoms with Crippen molar-refractivity contribution in [3.63, 3.8) is 0 Å². The first-order valence-electron chi connectivity index (χ1n) is 9.47. The lowest BCUT2D eigenvalue weighted by atomic mass is 10.2. The van der Waals surface area contributed by atoms with E-state index in [9.17, 15) is 0 Å². The Morgan fingerprint density at radius 2 is 0.676 bits per heavy atom. The highest BCUT2D eigenvalue weighted by Crippen LogP contribution is 2.45. The van der Waals surface area contributed by atoms with E-state index in [1.54, 1.807) is 0 Å². The summed E-state index contributed by atoms with van der Waals surface area (Å²) >= 11 is 40.1. The van der Waals surface area contributed by atoms with Gasteiger partial charge < -0.3 is 13.6 Å². The number of rotatable bonds is 9. The summed E-state index contributed by atoms with van der Waals surface area (Å²) in [7, 11) is -1.75. The Hall–Kier alpha value is 1.12. The second-order valence-electron chi connectivity index (χ2n) is 6.87. The van der Waals surface area contributed by atoms with Gasteiger partial charge in [-0.3, -0.25) is 0 Å². The Morgan fingerprint density at radius 1 is 0.412 bits per heavy atom. The minimum absolute atomic E-state index is 0.217. The molecule has 0 heterocycles. The fraction of sp³-hybridized carbons (Fsp3) is 0.143. The van der Waals surface area contributed by atoms with Gasteiger partial charge in [0.1, 0.15) is 0 Å². The average Bonchev–Trinajstić information content (AvgIpc) is 2.82. The standard InChI is InChI=1S/C21H21O3PS9/c26-13-4-1-10(16(29)19(13)32)7-22-25(23-8-11-2-5-14(27)20(33)17(11)30)24-9-12-3-6-15(28)21(34)18(12)31/h1-6,26-34H,7-9H2. The van der Waals surface area contributed by atoms with Crippen LogP contribution < -0.4 is 0 Å². The lowest BCUT2D eigenvalue weighted by molar-refractivity contribution is 0.142. The zero-order chi connectivity index (χ0) is 25.0. The molecule has 0 bridgehead atoms. The first kappa shape index (κ1) is 29.7. The molecule has 0 saturated carbocycles. The van der Waals surface area contributed by atoms with E-state index in [0.717, 1.165) is 31.4 Å². The summed E-state index contributed by atoms with van der Waals surface area (Å²) in [4.78, 5) is 6.32. The van der Waals surface area contributed by atoms with Gasteiger partial charge in [-0.25, -0.2) is 0 Å². The molecule has 0 atom stereocenters. The Morgan fingerprint density at radius 3 is 0.941 bits per heavy atom. The first-order valence-corrected chi connectivity index (χ1v) is 14.6. The third-order valence-electron chi connectivity index (χ3n) is 4.62. The van der Waals surface area contributed by atoms with Gasteiger partial charge >= 0.3 is 8.60 Å². The van der Waals surface area contributed by atoms with E-state index in [2.05, 4.69) is 114 Å². The van der Waals surface area contributed by atoms with Crippen molar-refractivity contribution < 1.29 is 13.6 Å². The average molecular weight is 641 g/mol. The van der Waals surface area contributed by atoms with Gasteiger partial charge in [0, 0.05) is 44.1 Å². The molecule has 34 heavy (non-hydrogen) atoms. The molecular weight excluding hydrogens is 620 g/mol. The van der Waals surface area contributed by atoms with Gasteiger partial charge in [0.25, 0.3) is 0 Å². The molecule has 0 saturated heterocycles. The summed E-state index contributed by atoms with van der Waals surface area (Å²) in [6, 6.07) is 11.2. The quantitative estimate of drug-likeness (QED) is 0.0868. The van der Waals surface area contributed by atoms with Crippen molar-refractivity contribution in [2.24, 2.45) is 0 Å². The van der Waals surface area contributed by atoms with Gasteiger partial charge in [0.2, 0.25) is 0 Å². The van der Waals surface area contributed by atoms with E-state index < -0.39 is 8.60 Å². The molecular formula is C21H21O3PS9. The van der Waals surface area contributed by atoms with Gasteiger partial charge in [-0.2, -0.15) is 0 Å². The summed E-state index contributed by atoms with van der Waals surface area (Å²) in [5.41, 5.74) is 2.51. The Labute approximate surface area is 250 Å². The van der Waals surface area contributed by atoms with Crippen molar-refractivity contribution in [1.29, 1.82) is 0 Å². The van der Waals surface area contributed by atoms with E-state index in [1.807, 2.05) is 36.4 Å². The SMILES string of the molecule is Sc1ccc(COP(OCc2ccc(S)c(S)c2S)OCc2ccc(S)c(S)c2S)c(S)c1S. The molecule has 0 aliphatic heterocycles. The van der Waals surface area contributed by atoms with Crippen LogP contribution in [0.2, 0.25) is 0 Å². The second-order valence-corrected chi connectivity index (χ2v) is 12.2. The molecule has 0 aliphatic rings. The second kappa shape index (κ2) is 13.8. The summed E-state index contributed by atoms with van der Waals surface area (Å²) in [6.07, 6.45) is 0. The van der Waals surface area contributed by atoms with Crippen LogP contribution in [0.25, 0.3) is 0 Å². The van der Waals surface area contributed by atoms with Gasteiger partial charge in [-0.15, -0.1) is 114 Å². The number of hydrogen-bond acceptors (Lipinski definition) is 12. The van der Waals surface area contributed by atoms with Crippen LogP contribution in [0.3, 0.4) is 0 Å². The summed E-state index contributed by atoms with van der Waals surface area (Å²) < 4.78 is 18.1. The van der Waals surface area contributed by atoms with E-state index in [-0.39, 0.29) is 19.8 Å². The molecule has 0 fully saturated rings. The van der Waals surface area contributed by atoms with Crippen molar-refractivity contribution in [1.82, 2.24) is 0 Å². The van der Waals surface area contributed by atoms with Crippen LogP contribution in [0, 0.1) is 0 Å². The Balaban J connectivity index is 1.76. The number of thiol groups is 9. The van der Waals surface area contributed by atoms with Crippen LogP contribution in [0.5, 0.6) is 0 Å². The predicted octanol–water partition coefficient (Wildman–Crippen LogP) is 8.46. The van der Waals surface area contributed by atoms with E-state index >= 15 is 0 Å². The predicted molar refractivity (Wildman–Crippen MR) is 166 cm³/mol. The molecule has 13 heteroatoms. The third kappa shape index (κ3) is 7.58. The van der Waals surface area contributed by atoms with Gasteiger partial charge in [0.05, 0.1) is 19.8 Å². The highest BCUT2D eigenvalue weighted by atomic mass is 32.1. The summed E-state index contributed by atoms with van der Waals surface area (Å²) in [5, 5.41) is 0. The largest absolute Gasteiger partial charge is 0.333 e. The fourth-order valence-corrected chi connectivity index (χ4v) is 5.87. The minimum atomic E-state index is -1.75. The van der Waals surface area contributed by atoms with Crippen LogP contribution >= 0.6 is 122 Å². The molecule has 0 N–H and O–H groups in total. The maximum atomic E-state index is 6.03. The molecule has 3 rings (SSSR count). The maximum absolute atomic E-state index is 6.03. The number of hydrogen-bond donors (Lipinski definition) is 9. The van der Waals surface area contributed by atoms with E-state index in [4.69, 9.17) is 13.6 Å². The van der Waals surface area contributed by atoms with Crippen LogP contribution in [0.4, 0.5) is 0 Å². The van der Waals surface area contributed by atoms with Crippen LogP contribution in [-0.2, 0) is 33.4 Å². The van der Waals surface area contributed by atoms with Crippen molar-refractivity contribution in [2.45, 2.75) is 63.9 Å². The molecule has 0 aromatic heterocycles. The maximum Gasteiger partial charge on any atom is 0.333 e. The topological polar surface area (TPSA) is 27.7 Å². The van der Waals surface area contributed by atoms with Crippen molar-refractivity contribution in [2.75, 3.05) is 0 Å². The lowest BCUT2D eigenvalue weighted by Gasteiger charge is -2.19. The van der Waals surface area contributed by atoms with Gasteiger partial charge in [-0.05, 0) is 34.9 Å². The molecule has 0 amide bonds. The highest BCUT2D eigenvalue weighted by Gasteiger charge is 2.18. The van der Waals surface area contributed by atoms with Crippen molar-refractivity contribution in [3.8, 4) is 0 Å². The van der Waals surface area contributed by atoms with Crippen LogP contribution in [0.15, 0.2) is 80.5 Å². The smallest absolute Gasteiger partial charge is 0.307 e. The summed E-state index contributed by atoms with van der Waals surface area (Å²) in [6.45, 7) is 0.650. The Kier molecular flexibility index (Phi) is 12.0. The molecule has 0 radical (unpaired) electrons.